The number of fused-ring (bicyclic) bond motifs is 2. The molecule has 3 heterocycles. The fraction of sp³-hybridized carbons (Fsp3) is 0.467. The normalized spacial score (nSPS) is 31.2. The van der Waals surface area contributed by atoms with Crippen LogP contribution in [0.1, 0.15) is 18.4 Å². The molecule has 3 nitrogen and oxygen atoms in total. The Labute approximate surface area is 140 Å². The minimum Gasteiger partial charge on any atom is -0.282 e. The fourth-order valence-corrected chi connectivity index (χ4v) is 3.89. The largest absolute Gasteiger partial charge is 0.401 e. The maximum atomic E-state index is 12.7. The second-order valence-corrected chi connectivity index (χ2v) is 7.05. The van der Waals surface area contributed by atoms with Gasteiger partial charge in [0.05, 0.1) is 18.0 Å². The van der Waals surface area contributed by atoms with Crippen LogP contribution >= 0.6 is 22.6 Å². The Kier molecular flexibility index (Phi) is 3.93. The molecule has 0 aliphatic carbocycles. The van der Waals surface area contributed by atoms with Gasteiger partial charge in [0.25, 0.3) is 0 Å². The Balaban J connectivity index is 1.89. The van der Waals surface area contributed by atoms with Crippen LogP contribution in [0.3, 0.4) is 0 Å². The number of nitrogens with zero attached hydrogens (tertiary/aromatic N) is 3. The molecule has 2 aliphatic heterocycles. The first-order chi connectivity index (χ1) is 10.3. The quantitative estimate of drug-likeness (QED) is 0.545. The van der Waals surface area contributed by atoms with E-state index in [4.69, 9.17) is 0 Å². The molecule has 2 bridgehead atoms. The highest BCUT2D eigenvalue weighted by Crippen LogP contribution is 2.45. The smallest absolute Gasteiger partial charge is 0.282 e. The Hall–Kier alpha value is -1.14. The molecule has 1 saturated heterocycles. The Morgan fingerprint density at radius 2 is 1.95 bits per heavy atom. The summed E-state index contributed by atoms with van der Waals surface area (Å²) in [5.74, 6) is 0. The third kappa shape index (κ3) is 2.86. The van der Waals surface area contributed by atoms with Crippen molar-refractivity contribution in [1.82, 2.24) is 9.88 Å². The maximum absolute atomic E-state index is 12.7. The van der Waals surface area contributed by atoms with Gasteiger partial charge >= 0.3 is 6.18 Å². The van der Waals surface area contributed by atoms with E-state index < -0.39 is 18.1 Å². The Bertz CT molecular complexity index is 634. The number of halogens is 4. The van der Waals surface area contributed by atoms with Crippen molar-refractivity contribution in [3.8, 4) is 6.07 Å². The minimum atomic E-state index is -4.22. The molecule has 22 heavy (non-hydrogen) atoms. The molecule has 0 spiro atoms. The van der Waals surface area contributed by atoms with E-state index in [0.29, 0.717) is 12.8 Å². The zero-order chi connectivity index (χ0) is 16.0. The van der Waals surface area contributed by atoms with Crippen LogP contribution < -0.4 is 0 Å². The first kappa shape index (κ1) is 15.7. The van der Waals surface area contributed by atoms with Crippen LogP contribution in [-0.2, 0) is 5.41 Å². The molecular weight excluding hydrogens is 406 g/mol. The zero-order valence-corrected chi connectivity index (χ0v) is 13.7. The fourth-order valence-electron chi connectivity index (χ4n) is 3.40. The van der Waals surface area contributed by atoms with E-state index in [9.17, 15) is 18.4 Å². The van der Waals surface area contributed by atoms with Crippen LogP contribution in [-0.4, -0.2) is 34.7 Å². The molecule has 2 aliphatic rings. The van der Waals surface area contributed by atoms with Gasteiger partial charge in [-0.1, -0.05) is 12.2 Å². The highest BCUT2D eigenvalue weighted by molar-refractivity contribution is 14.1. The summed E-state index contributed by atoms with van der Waals surface area (Å²) < 4.78 is 39.1. The molecule has 1 aromatic heterocycles. The van der Waals surface area contributed by atoms with Crippen LogP contribution in [0.5, 0.6) is 0 Å². The topological polar surface area (TPSA) is 39.9 Å². The molecule has 0 amide bonds. The van der Waals surface area contributed by atoms with Gasteiger partial charge in [0.15, 0.2) is 0 Å². The minimum absolute atomic E-state index is 0.349. The lowest BCUT2D eigenvalue weighted by molar-refractivity contribution is -0.155. The molecule has 0 N–H and O–H groups in total. The Morgan fingerprint density at radius 3 is 2.45 bits per heavy atom. The summed E-state index contributed by atoms with van der Waals surface area (Å²) in [6.45, 7) is -0.929. The molecule has 3 rings (SSSR count). The third-order valence-corrected chi connectivity index (χ3v) is 4.95. The van der Waals surface area contributed by atoms with Crippen LogP contribution in [0, 0.1) is 14.9 Å². The highest BCUT2D eigenvalue weighted by atomic mass is 127. The van der Waals surface area contributed by atoms with Crippen molar-refractivity contribution < 1.29 is 13.2 Å². The average molecular weight is 419 g/mol. The predicted molar refractivity (Wildman–Crippen MR) is 83.0 cm³/mol. The van der Waals surface area contributed by atoms with Gasteiger partial charge in [-0.15, -0.1) is 0 Å². The van der Waals surface area contributed by atoms with Gasteiger partial charge in [-0.3, -0.25) is 9.88 Å². The lowest BCUT2D eigenvalue weighted by Crippen LogP contribution is -2.52. The van der Waals surface area contributed by atoms with Crippen molar-refractivity contribution in [3.05, 3.63) is 39.7 Å². The molecule has 0 saturated carbocycles. The van der Waals surface area contributed by atoms with Crippen molar-refractivity contribution >= 4 is 22.6 Å². The standard InChI is InChI=1S/C15H13F3IN3/c16-15(17,18)9-22-12-1-2-13(22)5-14(4-12,8-20)10-3-11(19)7-21-6-10/h1-3,6-7,12-13H,4-5,9H2/t12-,13+,14-. The second-order valence-electron chi connectivity index (χ2n) is 5.80. The van der Waals surface area contributed by atoms with Crippen LogP contribution in [0.25, 0.3) is 0 Å². The van der Waals surface area contributed by atoms with E-state index in [1.807, 2.05) is 6.07 Å². The van der Waals surface area contributed by atoms with Gasteiger partial charge in [0.2, 0.25) is 0 Å². The van der Waals surface area contributed by atoms with Gasteiger partial charge in [-0.05, 0) is 47.1 Å². The van der Waals surface area contributed by atoms with E-state index in [-0.39, 0.29) is 12.1 Å². The van der Waals surface area contributed by atoms with Crippen molar-refractivity contribution in [2.45, 2.75) is 36.5 Å². The van der Waals surface area contributed by atoms with Crippen molar-refractivity contribution in [1.29, 1.82) is 5.26 Å². The third-order valence-electron chi connectivity index (χ3n) is 4.36. The van der Waals surface area contributed by atoms with E-state index in [0.717, 1.165) is 9.13 Å². The first-order valence-corrected chi connectivity index (χ1v) is 7.94. The average Bonchev–Trinajstić information content (AvgIpc) is 2.69. The summed E-state index contributed by atoms with van der Waals surface area (Å²) in [5.41, 5.74) is 0.0297. The summed E-state index contributed by atoms with van der Waals surface area (Å²) in [5, 5.41) is 9.72. The summed E-state index contributed by atoms with van der Waals surface area (Å²) in [6.07, 6.45) is 3.47. The Morgan fingerprint density at radius 1 is 1.32 bits per heavy atom. The van der Waals surface area contributed by atoms with Gasteiger partial charge in [0.1, 0.15) is 0 Å². The number of rotatable bonds is 2. The molecule has 0 radical (unpaired) electrons. The number of alkyl halides is 3. The van der Waals surface area contributed by atoms with Crippen LogP contribution in [0.15, 0.2) is 30.6 Å². The zero-order valence-electron chi connectivity index (χ0n) is 11.5. The summed E-state index contributed by atoms with van der Waals surface area (Å²) in [6, 6.07) is 3.55. The second kappa shape index (κ2) is 5.49. The number of aromatic nitrogens is 1. The number of pyridine rings is 1. The number of nitriles is 1. The van der Waals surface area contributed by atoms with Gasteiger partial charge in [-0.2, -0.15) is 18.4 Å². The number of hydrogen-bond acceptors (Lipinski definition) is 3. The van der Waals surface area contributed by atoms with E-state index in [2.05, 4.69) is 33.6 Å². The van der Waals surface area contributed by atoms with E-state index in [1.165, 1.54) is 4.90 Å². The number of hydrogen-bond donors (Lipinski definition) is 0. The first-order valence-electron chi connectivity index (χ1n) is 6.86. The highest BCUT2D eigenvalue weighted by Gasteiger charge is 2.50. The summed E-state index contributed by atoms with van der Waals surface area (Å²) >= 11 is 2.13. The molecule has 116 valence electrons. The molecule has 0 aromatic carbocycles. The number of piperidine rings is 1. The maximum Gasteiger partial charge on any atom is 0.401 e. The van der Waals surface area contributed by atoms with Crippen molar-refractivity contribution in [2.75, 3.05) is 6.54 Å². The van der Waals surface area contributed by atoms with Gasteiger partial charge < -0.3 is 0 Å². The van der Waals surface area contributed by atoms with Crippen LogP contribution in [0.4, 0.5) is 13.2 Å². The molecular formula is C15H13F3IN3. The molecule has 0 unspecified atom stereocenters. The molecule has 7 heteroatoms. The molecule has 1 aromatic rings. The van der Waals surface area contributed by atoms with Gasteiger partial charge in [-0.25, -0.2) is 0 Å². The van der Waals surface area contributed by atoms with Crippen molar-refractivity contribution in [2.24, 2.45) is 0 Å². The molecule has 3 atom stereocenters. The lowest BCUT2D eigenvalue weighted by Gasteiger charge is -2.43. The molecule has 1 fully saturated rings. The van der Waals surface area contributed by atoms with Gasteiger partial charge in [0, 0.05) is 28.0 Å². The van der Waals surface area contributed by atoms with E-state index in [1.54, 1.807) is 24.5 Å². The monoisotopic (exact) mass is 419 g/mol. The SMILES string of the molecule is N#C[C@@]1(c2cncc(I)c2)C[C@H]2C=C[C@@H](C1)N2CC(F)(F)F. The predicted octanol–water partition coefficient (Wildman–Crippen LogP) is 3.41. The lowest BCUT2D eigenvalue weighted by atomic mass is 9.71. The van der Waals surface area contributed by atoms with E-state index >= 15 is 0 Å². The van der Waals surface area contributed by atoms with Crippen LogP contribution in [0.2, 0.25) is 0 Å². The van der Waals surface area contributed by atoms with Crippen molar-refractivity contribution in [3.63, 3.8) is 0 Å². The summed E-state index contributed by atoms with van der Waals surface area (Å²) in [7, 11) is 0. The summed E-state index contributed by atoms with van der Waals surface area (Å²) in [4.78, 5) is 5.57.